The molecular weight excluding hydrogens is 134 g/mol. The van der Waals surface area contributed by atoms with Gasteiger partial charge in [0.15, 0.2) is 0 Å². The van der Waals surface area contributed by atoms with Gasteiger partial charge in [-0.05, 0) is 12.8 Å². The molecule has 0 aromatic heterocycles. The zero-order valence-electron chi connectivity index (χ0n) is 5.31. The van der Waals surface area contributed by atoms with Crippen LogP contribution in [0.1, 0.15) is 25.7 Å². The van der Waals surface area contributed by atoms with Crippen LogP contribution in [0.3, 0.4) is 0 Å². The van der Waals surface area contributed by atoms with Crippen molar-refractivity contribution >= 4 is 11.6 Å². The molecular formula is C7H10ClN. The van der Waals surface area contributed by atoms with E-state index in [0.717, 1.165) is 12.8 Å². The Hall–Kier alpha value is -0.220. The molecule has 1 rings (SSSR count). The Labute approximate surface area is 60.6 Å². The predicted octanol–water partition coefficient (Wildman–Crippen LogP) is 2.31. The van der Waals surface area contributed by atoms with Crippen molar-refractivity contribution in [3.05, 3.63) is 0 Å². The highest BCUT2D eigenvalue weighted by Gasteiger charge is 2.21. The second-order valence-corrected chi connectivity index (χ2v) is 3.10. The normalized spacial score (nSPS) is 35.6. The summed E-state index contributed by atoms with van der Waals surface area (Å²) in [6.45, 7) is 0. The Morgan fingerprint density at radius 1 is 1.33 bits per heavy atom. The Kier molecular flexibility index (Phi) is 2.36. The van der Waals surface area contributed by atoms with E-state index in [-0.39, 0.29) is 11.3 Å². The fourth-order valence-electron chi connectivity index (χ4n) is 1.23. The van der Waals surface area contributed by atoms with E-state index in [2.05, 4.69) is 6.07 Å². The molecule has 50 valence electrons. The van der Waals surface area contributed by atoms with Gasteiger partial charge >= 0.3 is 0 Å². The first-order valence-electron chi connectivity index (χ1n) is 3.38. The summed E-state index contributed by atoms with van der Waals surface area (Å²) in [6.07, 6.45) is 4.41. The SMILES string of the molecule is N#C[C@H]1CCCC[C@@H]1Cl. The summed E-state index contributed by atoms with van der Waals surface area (Å²) in [6, 6.07) is 2.22. The van der Waals surface area contributed by atoms with Crippen LogP contribution >= 0.6 is 11.6 Å². The zero-order valence-corrected chi connectivity index (χ0v) is 6.06. The van der Waals surface area contributed by atoms with Gasteiger partial charge in [-0.2, -0.15) is 5.26 Å². The van der Waals surface area contributed by atoms with Gasteiger partial charge in [-0.25, -0.2) is 0 Å². The maximum absolute atomic E-state index is 8.53. The van der Waals surface area contributed by atoms with Crippen molar-refractivity contribution in [2.45, 2.75) is 31.1 Å². The Bertz CT molecular complexity index is 127. The van der Waals surface area contributed by atoms with Gasteiger partial charge in [-0.3, -0.25) is 0 Å². The molecule has 0 aliphatic heterocycles. The van der Waals surface area contributed by atoms with Crippen LogP contribution in [0.4, 0.5) is 0 Å². The van der Waals surface area contributed by atoms with E-state index < -0.39 is 0 Å². The molecule has 0 aromatic rings. The van der Waals surface area contributed by atoms with Crippen LogP contribution in [0.5, 0.6) is 0 Å². The minimum absolute atomic E-state index is 0.125. The highest BCUT2D eigenvalue weighted by molar-refractivity contribution is 6.21. The van der Waals surface area contributed by atoms with Crippen LogP contribution in [-0.4, -0.2) is 5.38 Å². The molecule has 0 bridgehead atoms. The minimum atomic E-state index is 0.125. The minimum Gasteiger partial charge on any atom is -0.198 e. The van der Waals surface area contributed by atoms with E-state index in [1.54, 1.807) is 0 Å². The third-order valence-corrected chi connectivity index (χ3v) is 2.37. The van der Waals surface area contributed by atoms with Gasteiger partial charge in [0.1, 0.15) is 0 Å². The molecule has 1 saturated carbocycles. The van der Waals surface area contributed by atoms with E-state index in [0.29, 0.717) is 0 Å². The number of rotatable bonds is 0. The monoisotopic (exact) mass is 143 g/mol. The molecule has 9 heavy (non-hydrogen) atoms. The third kappa shape index (κ3) is 1.59. The number of alkyl halides is 1. The van der Waals surface area contributed by atoms with Crippen molar-refractivity contribution in [1.29, 1.82) is 5.26 Å². The van der Waals surface area contributed by atoms with Crippen molar-refractivity contribution in [2.75, 3.05) is 0 Å². The maximum atomic E-state index is 8.53. The zero-order chi connectivity index (χ0) is 6.69. The summed E-state index contributed by atoms with van der Waals surface area (Å²) in [5.74, 6) is 0.125. The van der Waals surface area contributed by atoms with Crippen molar-refractivity contribution in [1.82, 2.24) is 0 Å². The van der Waals surface area contributed by atoms with Gasteiger partial charge in [0, 0.05) is 5.38 Å². The van der Waals surface area contributed by atoms with Crippen LogP contribution < -0.4 is 0 Å². The molecule has 1 aliphatic rings. The Balaban J connectivity index is 2.41. The molecule has 1 nitrogen and oxygen atoms in total. The van der Waals surface area contributed by atoms with Gasteiger partial charge in [-0.15, -0.1) is 11.6 Å². The van der Waals surface area contributed by atoms with Crippen molar-refractivity contribution in [2.24, 2.45) is 5.92 Å². The van der Waals surface area contributed by atoms with Crippen molar-refractivity contribution in [3.63, 3.8) is 0 Å². The summed E-state index contributed by atoms with van der Waals surface area (Å²) in [4.78, 5) is 0. The lowest BCUT2D eigenvalue weighted by molar-refractivity contribution is 0.434. The number of halogens is 1. The maximum Gasteiger partial charge on any atom is 0.0671 e. The first-order valence-corrected chi connectivity index (χ1v) is 3.82. The number of hydrogen-bond donors (Lipinski definition) is 0. The van der Waals surface area contributed by atoms with E-state index >= 15 is 0 Å². The molecule has 2 heteroatoms. The van der Waals surface area contributed by atoms with Gasteiger partial charge in [0.2, 0.25) is 0 Å². The molecule has 0 unspecified atom stereocenters. The topological polar surface area (TPSA) is 23.8 Å². The van der Waals surface area contributed by atoms with Gasteiger partial charge in [0.25, 0.3) is 0 Å². The quantitative estimate of drug-likeness (QED) is 0.478. The summed E-state index contributed by atoms with van der Waals surface area (Å²) in [7, 11) is 0. The first kappa shape index (κ1) is 6.89. The van der Waals surface area contributed by atoms with Gasteiger partial charge in [0.05, 0.1) is 12.0 Å². The highest BCUT2D eigenvalue weighted by atomic mass is 35.5. The fourth-order valence-corrected chi connectivity index (χ4v) is 1.57. The molecule has 1 aliphatic carbocycles. The summed E-state index contributed by atoms with van der Waals surface area (Å²) >= 11 is 5.86. The average molecular weight is 144 g/mol. The predicted molar refractivity (Wildman–Crippen MR) is 37.2 cm³/mol. The average Bonchev–Trinajstić information content (AvgIpc) is 1.89. The molecule has 0 N–H and O–H groups in total. The van der Waals surface area contributed by atoms with Crippen LogP contribution in [0.2, 0.25) is 0 Å². The van der Waals surface area contributed by atoms with E-state index in [1.165, 1.54) is 12.8 Å². The molecule has 0 heterocycles. The third-order valence-electron chi connectivity index (χ3n) is 1.85. The summed E-state index contributed by atoms with van der Waals surface area (Å²) in [5.41, 5.74) is 0. The van der Waals surface area contributed by atoms with E-state index in [4.69, 9.17) is 16.9 Å². The van der Waals surface area contributed by atoms with Crippen LogP contribution in [-0.2, 0) is 0 Å². The lowest BCUT2D eigenvalue weighted by atomic mass is 9.90. The number of nitriles is 1. The fraction of sp³-hybridized carbons (Fsp3) is 0.857. The Morgan fingerprint density at radius 2 is 2.00 bits per heavy atom. The largest absolute Gasteiger partial charge is 0.198 e. The van der Waals surface area contributed by atoms with Crippen LogP contribution in [0.15, 0.2) is 0 Å². The molecule has 0 saturated heterocycles. The molecule has 1 fully saturated rings. The Morgan fingerprint density at radius 3 is 2.44 bits per heavy atom. The summed E-state index contributed by atoms with van der Waals surface area (Å²) < 4.78 is 0. The molecule has 0 radical (unpaired) electrons. The van der Waals surface area contributed by atoms with E-state index in [1.807, 2.05) is 0 Å². The standard InChI is InChI=1S/C7H10ClN/c8-7-4-2-1-3-6(7)5-9/h6-7H,1-4H2/t6-,7+/m1/s1. The van der Waals surface area contributed by atoms with Crippen LogP contribution in [0.25, 0.3) is 0 Å². The molecule has 0 aromatic carbocycles. The smallest absolute Gasteiger partial charge is 0.0671 e. The molecule has 2 atom stereocenters. The lowest BCUT2D eigenvalue weighted by Crippen LogP contribution is -2.17. The molecule has 0 amide bonds. The van der Waals surface area contributed by atoms with Gasteiger partial charge in [-0.1, -0.05) is 12.8 Å². The van der Waals surface area contributed by atoms with Crippen LogP contribution in [0, 0.1) is 17.2 Å². The molecule has 0 spiro atoms. The highest BCUT2D eigenvalue weighted by Crippen LogP contribution is 2.27. The lowest BCUT2D eigenvalue weighted by Gasteiger charge is -2.20. The second kappa shape index (κ2) is 3.08. The van der Waals surface area contributed by atoms with Crippen molar-refractivity contribution < 1.29 is 0 Å². The number of nitrogens with zero attached hydrogens (tertiary/aromatic N) is 1. The van der Waals surface area contributed by atoms with E-state index in [9.17, 15) is 0 Å². The van der Waals surface area contributed by atoms with Gasteiger partial charge < -0.3 is 0 Å². The second-order valence-electron chi connectivity index (χ2n) is 2.54. The van der Waals surface area contributed by atoms with Crippen molar-refractivity contribution in [3.8, 4) is 6.07 Å². The summed E-state index contributed by atoms with van der Waals surface area (Å²) in [5, 5.41) is 8.66. The number of hydrogen-bond acceptors (Lipinski definition) is 1. The first-order chi connectivity index (χ1) is 4.34.